The molecule has 1 aromatic carbocycles. The molecule has 6 nitrogen and oxygen atoms in total. The van der Waals surface area contributed by atoms with Gasteiger partial charge in [-0.05, 0) is 26.0 Å². The van der Waals surface area contributed by atoms with E-state index in [0.717, 1.165) is 11.4 Å². The largest absolute Gasteiger partial charge is 0.494 e. The Hall–Kier alpha value is -2.08. The van der Waals surface area contributed by atoms with Crippen LogP contribution in [-0.2, 0) is 0 Å². The lowest BCUT2D eigenvalue weighted by Crippen LogP contribution is -2.04. The summed E-state index contributed by atoms with van der Waals surface area (Å²) >= 11 is 0. The van der Waals surface area contributed by atoms with E-state index in [1.807, 2.05) is 31.2 Å². The number of nitrogens with one attached hydrogen (secondary N) is 1. The van der Waals surface area contributed by atoms with Gasteiger partial charge in [0.05, 0.1) is 12.6 Å². The van der Waals surface area contributed by atoms with Gasteiger partial charge in [-0.1, -0.05) is 11.2 Å². The minimum absolute atomic E-state index is 0.275. The van der Waals surface area contributed by atoms with Crippen molar-refractivity contribution in [1.29, 1.82) is 0 Å². The standard InChI is InChI=1S/C12H16N4O2/c1-3-17-10-6-4-5-9(7-10)14-12-16-15-11(18-12)8(2)13/h4-8H,3,13H2,1-2H3,(H,14,16). The number of rotatable bonds is 5. The molecule has 1 heterocycles. The van der Waals surface area contributed by atoms with Gasteiger partial charge < -0.3 is 20.2 Å². The number of aromatic nitrogens is 2. The molecule has 1 unspecified atom stereocenters. The molecule has 0 amide bonds. The average Bonchev–Trinajstić information content (AvgIpc) is 2.78. The predicted octanol–water partition coefficient (Wildman–Crippen LogP) is 2.23. The molecule has 18 heavy (non-hydrogen) atoms. The topological polar surface area (TPSA) is 86.2 Å². The summed E-state index contributed by atoms with van der Waals surface area (Å²) in [5, 5.41) is 10.7. The monoisotopic (exact) mass is 248 g/mol. The lowest BCUT2D eigenvalue weighted by molar-refractivity contribution is 0.340. The smallest absolute Gasteiger partial charge is 0.320 e. The van der Waals surface area contributed by atoms with Crippen molar-refractivity contribution in [2.45, 2.75) is 19.9 Å². The highest BCUT2D eigenvalue weighted by atomic mass is 16.5. The molecule has 0 saturated carbocycles. The van der Waals surface area contributed by atoms with Gasteiger partial charge in [0.1, 0.15) is 5.75 Å². The van der Waals surface area contributed by atoms with Gasteiger partial charge in [0.15, 0.2) is 0 Å². The predicted molar refractivity (Wildman–Crippen MR) is 67.8 cm³/mol. The summed E-state index contributed by atoms with van der Waals surface area (Å²) < 4.78 is 10.8. The number of benzene rings is 1. The molecule has 0 saturated heterocycles. The quantitative estimate of drug-likeness (QED) is 0.843. The van der Waals surface area contributed by atoms with E-state index < -0.39 is 0 Å². The van der Waals surface area contributed by atoms with Gasteiger partial charge in [-0.15, -0.1) is 5.10 Å². The second-order valence-electron chi connectivity index (χ2n) is 3.82. The molecular weight excluding hydrogens is 232 g/mol. The van der Waals surface area contributed by atoms with Gasteiger partial charge in [0.25, 0.3) is 0 Å². The minimum Gasteiger partial charge on any atom is -0.494 e. The number of anilines is 2. The van der Waals surface area contributed by atoms with Crippen molar-refractivity contribution in [2.75, 3.05) is 11.9 Å². The van der Waals surface area contributed by atoms with Gasteiger partial charge in [-0.25, -0.2) is 0 Å². The highest BCUT2D eigenvalue weighted by Crippen LogP contribution is 2.21. The van der Waals surface area contributed by atoms with Crippen LogP contribution in [0.15, 0.2) is 28.7 Å². The summed E-state index contributed by atoms with van der Waals surface area (Å²) in [4.78, 5) is 0. The maximum Gasteiger partial charge on any atom is 0.320 e. The maximum atomic E-state index is 5.64. The number of nitrogens with zero attached hydrogens (tertiary/aromatic N) is 2. The molecule has 0 aliphatic heterocycles. The van der Waals surface area contributed by atoms with Crippen LogP contribution >= 0.6 is 0 Å². The first-order valence-corrected chi connectivity index (χ1v) is 5.78. The fourth-order valence-corrected chi connectivity index (χ4v) is 1.42. The molecule has 6 heteroatoms. The summed E-state index contributed by atoms with van der Waals surface area (Å²) in [6, 6.07) is 7.56. The fraction of sp³-hybridized carbons (Fsp3) is 0.333. The molecule has 96 valence electrons. The van der Waals surface area contributed by atoms with Crippen LogP contribution in [0.25, 0.3) is 0 Å². The Bertz CT molecular complexity index is 510. The number of hydrogen-bond acceptors (Lipinski definition) is 6. The van der Waals surface area contributed by atoms with Crippen molar-refractivity contribution in [2.24, 2.45) is 5.73 Å². The zero-order chi connectivity index (χ0) is 13.0. The van der Waals surface area contributed by atoms with Gasteiger partial charge in [-0.2, -0.15) is 0 Å². The zero-order valence-electron chi connectivity index (χ0n) is 10.4. The lowest BCUT2D eigenvalue weighted by Gasteiger charge is -2.05. The summed E-state index contributed by atoms with van der Waals surface area (Å²) in [5.41, 5.74) is 6.46. The van der Waals surface area contributed by atoms with E-state index in [1.165, 1.54) is 0 Å². The van der Waals surface area contributed by atoms with Crippen LogP contribution in [0, 0.1) is 0 Å². The minimum atomic E-state index is -0.275. The molecule has 0 radical (unpaired) electrons. The van der Waals surface area contributed by atoms with Crippen LogP contribution in [0.2, 0.25) is 0 Å². The van der Waals surface area contributed by atoms with Gasteiger partial charge in [0.2, 0.25) is 5.89 Å². The summed E-state index contributed by atoms with van der Waals surface area (Å²) in [7, 11) is 0. The Morgan fingerprint density at radius 3 is 2.94 bits per heavy atom. The van der Waals surface area contributed by atoms with Gasteiger partial charge in [-0.3, -0.25) is 0 Å². The SMILES string of the molecule is CCOc1cccc(Nc2nnc(C(C)N)o2)c1. The number of nitrogens with two attached hydrogens (primary N) is 1. The van der Waals surface area contributed by atoms with E-state index >= 15 is 0 Å². The Labute approximate surface area is 105 Å². The van der Waals surface area contributed by atoms with Gasteiger partial charge in [0, 0.05) is 11.8 Å². The highest BCUT2D eigenvalue weighted by molar-refractivity contribution is 5.54. The van der Waals surface area contributed by atoms with Crippen molar-refractivity contribution < 1.29 is 9.15 Å². The van der Waals surface area contributed by atoms with Crippen LogP contribution in [0.5, 0.6) is 5.75 Å². The first kappa shape index (κ1) is 12.4. The van der Waals surface area contributed by atoms with Crippen molar-refractivity contribution in [3.05, 3.63) is 30.2 Å². The lowest BCUT2D eigenvalue weighted by atomic mass is 10.3. The fourth-order valence-electron chi connectivity index (χ4n) is 1.42. The number of ether oxygens (including phenoxy) is 1. The van der Waals surface area contributed by atoms with Crippen molar-refractivity contribution in [1.82, 2.24) is 10.2 Å². The van der Waals surface area contributed by atoms with Gasteiger partial charge >= 0.3 is 6.01 Å². The van der Waals surface area contributed by atoms with Crippen LogP contribution in [0.3, 0.4) is 0 Å². The molecular formula is C12H16N4O2. The second kappa shape index (κ2) is 5.50. The molecule has 0 fully saturated rings. The van der Waals surface area contributed by atoms with E-state index in [9.17, 15) is 0 Å². The van der Waals surface area contributed by atoms with E-state index in [2.05, 4.69) is 15.5 Å². The van der Waals surface area contributed by atoms with E-state index in [4.69, 9.17) is 14.9 Å². The first-order chi connectivity index (χ1) is 8.69. The normalized spacial score (nSPS) is 12.2. The molecule has 3 N–H and O–H groups in total. The molecule has 0 aliphatic rings. The Balaban J connectivity index is 2.10. The third-order valence-corrected chi connectivity index (χ3v) is 2.23. The van der Waals surface area contributed by atoms with E-state index in [-0.39, 0.29) is 6.04 Å². The summed E-state index contributed by atoms with van der Waals surface area (Å²) in [6.07, 6.45) is 0. The Morgan fingerprint density at radius 1 is 1.44 bits per heavy atom. The molecule has 2 aromatic rings. The molecule has 1 aromatic heterocycles. The summed E-state index contributed by atoms with van der Waals surface area (Å²) in [5.74, 6) is 1.19. The van der Waals surface area contributed by atoms with Crippen LogP contribution in [0.1, 0.15) is 25.8 Å². The van der Waals surface area contributed by atoms with E-state index in [1.54, 1.807) is 6.92 Å². The first-order valence-electron chi connectivity index (χ1n) is 5.78. The van der Waals surface area contributed by atoms with Crippen molar-refractivity contribution in [3.63, 3.8) is 0 Å². The molecule has 1 atom stereocenters. The van der Waals surface area contributed by atoms with Crippen LogP contribution < -0.4 is 15.8 Å². The Kier molecular flexibility index (Phi) is 3.78. The molecule has 0 bridgehead atoms. The third kappa shape index (κ3) is 2.98. The molecule has 0 spiro atoms. The zero-order valence-corrected chi connectivity index (χ0v) is 10.4. The van der Waals surface area contributed by atoms with Crippen LogP contribution in [0.4, 0.5) is 11.7 Å². The number of hydrogen-bond donors (Lipinski definition) is 2. The molecule has 2 rings (SSSR count). The van der Waals surface area contributed by atoms with Crippen LogP contribution in [-0.4, -0.2) is 16.8 Å². The summed E-state index contributed by atoms with van der Waals surface area (Å²) in [6.45, 7) is 4.35. The Morgan fingerprint density at radius 2 is 2.28 bits per heavy atom. The average molecular weight is 248 g/mol. The van der Waals surface area contributed by atoms with Crippen molar-refractivity contribution >= 4 is 11.7 Å². The highest BCUT2D eigenvalue weighted by Gasteiger charge is 2.09. The third-order valence-electron chi connectivity index (χ3n) is 2.23. The molecule has 0 aliphatic carbocycles. The second-order valence-corrected chi connectivity index (χ2v) is 3.82. The van der Waals surface area contributed by atoms with E-state index in [0.29, 0.717) is 18.5 Å². The van der Waals surface area contributed by atoms with Crippen molar-refractivity contribution in [3.8, 4) is 5.75 Å². The maximum absolute atomic E-state index is 5.64.